The molecule has 0 saturated heterocycles. The zero-order valence-corrected chi connectivity index (χ0v) is 6.63. The molecule has 0 bridgehead atoms. The van der Waals surface area contributed by atoms with Crippen LogP contribution < -0.4 is 5.73 Å². The molecule has 0 heterocycles. The molecule has 0 radical (unpaired) electrons. The SMILES string of the molecule is C=C[C@@]1(CC)C[C@]1(N)C(=O)O. The maximum atomic E-state index is 10.6. The Morgan fingerprint density at radius 3 is 2.55 bits per heavy atom. The molecule has 0 aliphatic heterocycles. The van der Waals surface area contributed by atoms with Crippen molar-refractivity contribution in [3.05, 3.63) is 12.7 Å². The van der Waals surface area contributed by atoms with Gasteiger partial charge >= 0.3 is 5.97 Å². The number of aliphatic carboxylic acids is 1. The molecule has 3 nitrogen and oxygen atoms in total. The van der Waals surface area contributed by atoms with Gasteiger partial charge in [0.05, 0.1) is 0 Å². The fourth-order valence-electron chi connectivity index (χ4n) is 1.58. The van der Waals surface area contributed by atoms with Crippen molar-refractivity contribution < 1.29 is 9.90 Å². The summed E-state index contributed by atoms with van der Waals surface area (Å²) in [5, 5.41) is 8.74. The van der Waals surface area contributed by atoms with Crippen LogP contribution in [0.2, 0.25) is 0 Å². The van der Waals surface area contributed by atoms with Crippen LogP contribution >= 0.6 is 0 Å². The maximum absolute atomic E-state index is 10.6. The van der Waals surface area contributed by atoms with Crippen LogP contribution in [0.5, 0.6) is 0 Å². The second-order valence-electron chi connectivity index (χ2n) is 3.17. The van der Waals surface area contributed by atoms with E-state index in [1.165, 1.54) is 0 Å². The van der Waals surface area contributed by atoms with E-state index in [0.717, 1.165) is 6.42 Å². The standard InChI is InChI=1S/C8H13NO2/c1-3-7(4-2)5-8(7,9)6(10)11/h3H,1,4-5,9H2,2H3,(H,10,11)/t7-,8+/m1/s1. The number of hydrogen-bond donors (Lipinski definition) is 2. The molecule has 0 aromatic carbocycles. The average molecular weight is 155 g/mol. The van der Waals surface area contributed by atoms with Gasteiger partial charge in [0.1, 0.15) is 5.54 Å². The first-order chi connectivity index (χ1) is 5.02. The van der Waals surface area contributed by atoms with Gasteiger partial charge in [0.15, 0.2) is 0 Å². The zero-order valence-electron chi connectivity index (χ0n) is 6.63. The van der Waals surface area contributed by atoms with Crippen LogP contribution in [0.1, 0.15) is 19.8 Å². The summed E-state index contributed by atoms with van der Waals surface area (Å²) in [4.78, 5) is 10.6. The highest BCUT2D eigenvalue weighted by molar-refractivity contribution is 5.85. The molecule has 0 aromatic rings. The lowest BCUT2D eigenvalue weighted by molar-refractivity contribution is -0.140. The summed E-state index contributed by atoms with van der Waals surface area (Å²) in [5.74, 6) is -0.917. The van der Waals surface area contributed by atoms with Gasteiger partial charge in [0, 0.05) is 5.41 Å². The summed E-state index contributed by atoms with van der Waals surface area (Å²) in [6.45, 7) is 5.53. The second-order valence-corrected chi connectivity index (χ2v) is 3.17. The van der Waals surface area contributed by atoms with Crippen molar-refractivity contribution in [1.29, 1.82) is 0 Å². The lowest BCUT2D eigenvalue weighted by Gasteiger charge is -2.12. The Morgan fingerprint density at radius 1 is 1.91 bits per heavy atom. The van der Waals surface area contributed by atoms with Gasteiger partial charge < -0.3 is 10.8 Å². The molecule has 0 spiro atoms. The summed E-state index contributed by atoms with van der Waals surface area (Å²) in [6, 6.07) is 0. The van der Waals surface area contributed by atoms with Gasteiger partial charge in [-0.15, -0.1) is 6.58 Å². The Balaban J connectivity index is 2.84. The first kappa shape index (κ1) is 8.27. The molecular weight excluding hydrogens is 142 g/mol. The predicted molar refractivity (Wildman–Crippen MR) is 42.1 cm³/mol. The van der Waals surface area contributed by atoms with Crippen molar-refractivity contribution in [1.82, 2.24) is 0 Å². The largest absolute Gasteiger partial charge is 0.480 e. The molecule has 1 rings (SSSR count). The Morgan fingerprint density at radius 2 is 2.45 bits per heavy atom. The van der Waals surface area contributed by atoms with Crippen molar-refractivity contribution in [2.45, 2.75) is 25.3 Å². The van der Waals surface area contributed by atoms with Crippen molar-refractivity contribution in [3.8, 4) is 0 Å². The third-order valence-electron chi connectivity index (χ3n) is 2.76. The Bertz CT molecular complexity index is 212. The van der Waals surface area contributed by atoms with Crippen LogP contribution in [0.3, 0.4) is 0 Å². The van der Waals surface area contributed by atoms with Crippen LogP contribution in [-0.2, 0) is 4.79 Å². The van der Waals surface area contributed by atoms with Crippen molar-refractivity contribution >= 4 is 5.97 Å². The average Bonchev–Trinajstić information content (AvgIpc) is 2.59. The van der Waals surface area contributed by atoms with Crippen molar-refractivity contribution in [3.63, 3.8) is 0 Å². The first-order valence-electron chi connectivity index (χ1n) is 3.68. The van der Waals surface area contributed by atoms with Gasteiger partial charge in [0.2, 0.25) is 0 Å². The number of rotatable bonds is 3. The van der Waals surface area contributed by atoms with Crippen LogP contribution in [0.25, 0.3) is 0 Å². The normalized spacial score (nSPS) is 41.6. The van der Waals surface area contributed by atoms with E-state index in [-0.39, 0.29) is 5.41 Å². The van der Waals surface area contributed by atoms with Gasteiger partial charge in [-0.2, -0.15) is 0 Å². The summed E-state index contributed by atoms with van der Waals surface area (Å²) in [6.07, 6.45) is 2.94. The number of carboxylic acid groups (broad SMARTS) is 1. The van der Waals surface area contributed by atoms with Gasteiger partial charge in [-0.1, -0.05) is 13.0 Å². The molecule has 0 aromatic heterocycles. The molecule has 3 N–H and O–H groups in total. The van der Waals surface area contributed by atoms with Crippen molar-refractivity contribution in [2.24, 2.45) is 11.1 Å². The third kappa shape index (κ3) is 0.807. The van der Waals surface area contributed by atoms with Gasteiger partial charge in [-0.05, 0) is 12.8 Å². The Labute approximate surface area is 65.9 Å². The first-order valence-corrected chi connectivity index (χ1v) is 3.68. The number of hydrogen-bond acceptors (Lipinski definition) is 2. The summed E-state index contributed by atoms with van der Waals surface area (Å²) < 4.78 is 0. The van der Waals surface area contributed by atoms with E-state index >= 15 is 0 Å². The van der Waals surface area contributed by atoms with Gasteiger partial charge in [-0.3, -0.25) is 4.79 Å². The summed E-state index contributed by atoms with van der Waals surface area (Å²) in [7, 11) is 0. The smallest absolute Gasteiger partial charge is 0.324 e. The van der Waals surface area contributed by atoms with E-state index in [4.69, 9.17) is 10.8 Å². The molecule has 0 amide bonds. The van der Waals surface area contributed by atoms with E-state index in [0.29, 0.717) is 6.42 Å². The van der Waals surface area contributed by atoms with E-state index in [1.807, 2.05) is 6.92 Å². The lowest BCUT2D eigenvalue weighted by atomic mass is 9.97. The highest BCUT2D eigenvalue weighted by Gasteiger charge is 2.67. The number of carbonyl (C=O) groups is 1. The van der Waals surface area contributed by atoms with Gasteiger partial charge in [-0.25, -0.2) is 0 Å². The van der Waals surface area contributed by atoms with E-state index in [9.17, 15) is 4.79 Å². The monoisotopic (exact) mass is 155 g/mol. The highest BCUT2D eigenvalue weighted by Crippen LogP contribution is 2.57. The van der Waals surface area contributed by atoms with Crippen LogP contribution in [0, 0.1) is 5.41 Å². The molecular formula is C8H13NO2. The van der Waals surface area contributed by atoms with Crippen LogP contribution in [-0.4, -0.2) is 16.6 Å². The third-order valence-corrected chi connectivity index (χ3v) is 2.76. The second kappa shape index (κ2) is 2.08. The summed E-state index contributed by atoms with van der Waals surface area (Å²) in [5.41, 5.74) is 4.23. The predicted octanol–water partition coefficient (Wildman–Crippen LogP) is 0.755. The maximum Gasteiger partial charge on any atom is 0.324 e. The Kier molecular flexibility index (Phi) is 1.56. The fraction of sp³-hybridized carbons (Fsp3) is 0.625. The molecule has 62 valence electrons. The topological polar surface area (TPSA) is 63.3 Å². The van der Waals surface area contributed by atoms with Crippen molar-refractivity contribution in [2.75, 3.05) is 0 Å². The molecule has 3 heteroatoms. The molecule has 1 aliphatic rings. The van der Waals surface area contributed by atoms with E-state index < -0.39 is 11.5 Å². The molecule has 1 aliphatic carbocycles. The molecule has 1 fully saturated rings. The Hall–Kier alpha value is -0.830. The molecule has 0 unspecified atom stereocenters. The fourth-order valence-corrected chi connectivity index (χ4v) is 1.58. The minimum atomic E-state index is -1.04. The molecule has 11 heavy (non-hydrogen) atoms. The minimum absolute atomic E-state index is 0.348. The summed E-state index contributed by atoms with van der Waals surface area (Å²) >= 11 is 0. The molecule has 2 atom stereocenters. The van der Waals surface area contributed by atoms with E-state index in [2.05, 4.69) is 6.58 Å². The number of nitrogens with two attached hydrogens (primary N) is 1. The minimum Gasteiger partial charge on any atom is -0.480 e. The quantitative estimate of drug-likeness (QED) is 0.591. The lowest BCUT2D eigenvalue weighted by Crippen LogP contribution is -2.38. The highest BCUT2D eigenvalue weighted by atomic mass is 16.4. The zero-order chi connectivity index (χ0) is 8.70. The van der Waals surface area contributed by atoms with Crippen LogP contribution in [0.15, 0.2) is 12.7 Å². The van der Waals surface area contributed by atoms with Crippen LogP contribution in [0.4, 0.5) is 0 Å². The van der Waals surface area contributed by atoms with E-state index in [1.54, 1.807) is 6.08 Å². The van der Waals surface area contributed by atoms with Gasteiger partial charge in [0.25, 0.3) is 0 Å². The number of carboxylic acids is 1. The molecule has 1 saturated carbocycles.